The van der Waals surface area contributed by atoms with E-state index in [0.29, 0.717) is 24.9 Å². The average Bonchev–Trinajstić information content (AvgIpc) is 2.79. The third-order valence-corrected chi connectivity index (χ3v) is 5.20. The van der Waals surface area contributed by atoms with Gasteiger partial charge in [-0.3, -0.25) is 14.6 Å². The van der Waals surface area contributed by atoms with Gasteiger partial charge in [0.25, 0.3) is 5.56 Å². The predicted octanol–water partition coefficient (Wildman–Crippen LogP) is 3.61. The quantitative estimate of drug-likeness (QED) is 0.500. The highest BCUT2D eigenvalue weighted by Gasteiger charge is 2.21. The topological polar surface area (TPSA) is 74.8 Å². The smallest absolute Gasteiger partial charge is 0.251 e. The summed E-state index contributed by atoms with van der Waals surface area (Å²) in [5, 5.41) is 4.00. The number of para-hydroxylation sites is 1. The lowest BCUT2D eigenvalue weighted by Gasteiger charge is -2.17. The Balaban J connectivity index is 1.46. The maximum atomic E-state index is 13.0. The molecule has 30 heavy (non-hydrogen) atoms. The molecule has 0 saturated carbocycles. The van der Waals surface area contributed by atoms with Gasteiger partial charge in [0.15, 0.2) is 0 Å². The normalized spacial score (nSPS) is 11.9. The lowest BCUT2D eigenvalue weighted by molar-refractivity contribution is -0.122. The summed E-state index contributed by atoms with van der Waals surface area (Å²) in [6.45, 7) is 0.399. The van der Waals surface area contributed by atoms with Gasteiger partial charge in [-0.1, -0.05) is 54.6 Å². The number of hydrogen-bond donors (Lipinski definition) is 2. The van der Waals surface area contributed by atoms with Crippen molar-refractivity contribution in [3.63, 3.8) is 0 Å². The zero-order valence-corrected chi connectivity index (χ0v) is 16.5. The van der Waals surface area contributed by atoms with E-state index in [-0.39, 0.29) is 17.4 Å². The minimum Gasteiger partial charge on any atom is -0.355 e. The molecular weight excluding hydrogens is 374 g/mol. The zero-order valence-electron chi connectivity index (χ0n) is 16.5. The Morgan fingerprint density at radius 1 is 1.00 bits per heavy atom. The third-order valence-electron chi connectivity index (χ3n) is 5.20. The van der Waals surface area contributed by atoms with Crippen molar-refractivity contribution in [1.29, 1.82) is 0 Å². The monoisotopic (exact) mass is 397 g/mol. The van der Waals surface area contributed by atoms with E-state index in [4.69, 9.17) is 0 Å². The first-order chi connectivity index (χ1) is 14.7. The summed E-state index contributed by atoms with van der Waals surface area (Å²) in [6.07, 6.45) is 4.56. The first kappa shape index (κ1) is 19.6. The van der Waals surface area contributed by atoms with Gasteiger partial charge < -0.3 is 10.3 Å². The Morgan fingerprint density at radius 3 is 2.60 bits per heavy atom. The number of nitrogens with one attached hydrogen (secondary N) is 2. The molecule has 2 N–H and O–H groups in total. The van der Waals surface area contributed by atoms with Crippen LogP contribution in [0.4, 0.5) is 0 Å². The molecule has 0 spiro atoms. The molecule has 1 amide bonds. The molecule has 0 aliphatic rings. The van der Waals surface area contributed by atoms with Crippen molar-refractivity contribution in [3.8, 4) is 0 Å². The number of fused-ring (bicyclic) bond motifs is 1. The molecule has 4 aromatic rings. The zero-order chi connectivity index (χ0) is 20.8. The fraction of sp³-hybridized carbons (Fsp3) is 0.160. The van der Waals surface area contributed by atoms with E-state index in [1.165, 1.54) is 0 Å². The van der Waals surface area contributed by atoms with Crippen molar-refractivity contribution in [2.75, 3.05) is 6.54 Å². The molecule has 0 aliphatic carbocycles. The lowest BCUT2D eigenvalue weighted by atomic mass is 9.91. The van der Waals surface area contributed by atoms with Crippen LogP contribution in [0.2, 0.25) is 0 Å². The molecule has 0 aliphatic heterocycles. The van der Waals surface area contributed by atoms with Gasteiger partial charge in [0, 0.05) is 30.0 Å². The highest BCUT2D eigenvalue weighted by Crippen LogP contribution is 2.21. The summed E-state index contributed by atoms with van der Waals surface area (Å²) in [5.41, 5.74) is 3.33. The van der Waals surface area contributed by atoms with Crippen LogP contribution in [0.1, 0.15) is 22.6 Å². The van der Waals surface area contributed by atoms with Crippen LogP contribution in [0.3, 0.4) is 0 Å². The van der Waals surface area contributed by atoms with Gasteiger partial charge in [0.05, 0.1) is 5.92 Å². The molecule has 5 nitrogen and oxygen atoms in total. The molecule has 0 bridgehead atoms. The number of pyridine rings is 2. The number of benzene rings is 2. The van der Waals surface area contributed by atoms with E-state index in [1.54, 1.807) is 12.4 Å². The predicted molar refractivity (Wildman–Crippen MR) is 118 cm³/mol. The van der Waals surface area contributed by atoms with Crippen LogP contribution in [-0.2, 0) is 17.6 Å². The van der Waals surface area contributed by atoms with E-state index in [0.717, 1.165) is 22.0 Å². The number of carbonyl (C=O) groups is 1. The molecule has 2 aromatic heterocycles. The standard InChI is InChI=1S/C25H23N3O2/c29-24-21(16-20-10-4-5-11-23(20)28-24)12-14-27-25(30)22(19-8-2-1-3-9-19)15-18-7-6-13-26-17-18/h1-11,13,16-17,22H,12,14-15H2,(H,27,30)(H,28,29). The summed E-state index contributed by atoms with van der Waals surface area (Å²) in [6, 6.07) is 23.2. The molecule has 0 saturated heterocycles. The van der Waals surface area contributed by atoms with Crippen LogP contribution in [0.5, 0.6) is 0 Å². The van der Waals surface area contributed by atoms with Crippen molar-refractivity contribution in [2.45, 2.75) is 18.8 Å². The maximum absolute atomic E-state index is 13.0. The highest BCUT2D eigenvalue weighted by atomic mass is 16.2. The Bertz CT molecular complexity index is 1190. The van der Waals surface area contributed by atoms with Crippen molar-refractivity contribution < 1.29 is 4.79 Å². The van der Waals surface area contributed by atoms with Crippen LogP contribution < -0.4 is 10.9 Å². The van der Waals surface area contributed by atoms with Gasteiger partial charge in [-0.15, -0.1) is 0 Å². The molecule has 4 rings (SSSR count). The second-order valence-electron chi connectivity index (χ2n) is 7.28. The van der Waals surface area contributed by atoms with Crippen LogP contribution in [-0.4, -0.2) is 22.4 Å². The molecule has 2 aromatic carbocycles. The van der Waals surface area contributed by atoms with E-state index in [1.807, 2.05) is 72.8 Å². The number of aromatic amines is 1. The number of amides is 1. The van der Waals surface area contributed by atoms with Crippen molar-refractivity contribution in [1.82, 2.24) is 15.3 Å². The average molecular weight is 397 g/mol. The third kappa shape index (κ3) is 4.63. The summed E-state index contributed by atoms with van der Waals surface area (Å²) < 4.78 is 0. The molecule has 1 atom stereocenters. The van der Waals surface area contributed by atoms with Gasteiger partial charge in [-0.25, -0.2) is 0 Å². The van der Waals surface area contributed by atoms with Crippen molar-refractivity contribution >= 4 is 16.8 Å². The summed E-state index contributed by atoms with van der Waals surface area (Å²) in [5.74, 6) is -0.368. The Hall–Kier alpha value is -3.73. The van der Waals surface area contributed by atoms with Gasteiger partial charge in [0.1, 0.15) is 0 Å². The van der Waals surface area contributed by atoms with Gasteiger partial charge in [-0.2, -0.15) is 0 Å². The Kier molecular flexibility index (Phi) is 5.99. The lowest BCUT2D eigenvalue weighted by Crippen LogP contribution is -2.33. The largest absolute Gasteiger partial charge is 0.355 e. The van der Waals surface area contributed by atoms with Crippen molar-refractivity contribution in [3.05, 3.63) is 112 Å². The minimum atomic E-state index is -0.315. The second kappa shape index (κ2) is 9.18. The molecule has 150 valence electrons. The number of H-pyrrole nitrogens is 1. The number of carbonyl (C=O) groups excluding carboxylic acids is 1. The SMILES string of the molecule is O=C(NCCc1cc2ccccc2[nH]c1=O)C(Cc1cccnc1)c1ccccc1. The highest BCUT2D eigenvalue weighted by molar-refractivity contribution is 5.84. The molecule has 1 unspecified atom stereocenters. The van der Waals surface area contributed by atoms with E-state index >= 15 is 0 Å². The van der Waals surface area contributed by atoms with E-state index in [2.05, 4.69) is 15.3 Å². The number of aromatic nitrogens is 2. The fourth-order valence-electron chi connectivity index (χ4n) is 3.62. The minimum absolute atomic E-state index is 0.0535. The molecule has 0 radical (unpaired) electrons. The van der Waals surface area contributed by atoms with E-state index < -0.39 is 0 Å². The summed E-state index contributed by atoms with van der Waals surface area (Å²) >= 11 is 0. The molecule has 5 heteroatoms. The first-order valence-electron chi connectivity index (χ1n) is 10.0. The second-order valence-corrected chi connectivity index (χ2v) is 7.28. The fourth-order valence-corrected chi connectivity index (χ4v) is 3.62. The van der Waals surface area contributed by atoms with Gasteiger partial charge in [0.2, 0.25) is 5.91 Å². The molecular formula is C25H23N3O2. The summed E-state index contributed by atoms with van der Waals surface area (Å²) in [7, 11) is 0. The van der Waals surface area contributed by atoms with Crippen molar-refractivity contribution in [2.24, 2.45) is 0 Å². The first-order valence-corrected chi connectivity index (χ1v) is 10.0. The summed E-state index contributed by atoms with van der Waals surface area (Å²) in [4.78, 5) is 32.4. The van der Waals surface area contributed by atoms with Gasteiger partial charge >= 0.3 is 0 Å². The number of rotatable bonds is 7. The van der Waals surface area contributed by atoms with Crippen LogP contribution in [0.15, 0.2) is 90.0 Å². The number of nitrogens with zero attached hydrogens (tertiary/aromatic N) is 1. The van der Waals surface area contributed by atoms with Crippen LogP contribution in [0, 0.1) is 0 Å². The van der Waals surface area contributed by atoms with Gasteiger partial charge in [-0.05, 0) is 47.6 Å². The maximum Gasteiger partial charge on any atom is 0.251 e. The van der Waals surface area contributed by atoms with Crippen LogP contribution in [0.25, 0.3) is 10.9 Å². The Morgan fingerprint density at radius 2 is 1.80 bits per heavy atom. The Labute approximate surface area is 174 Å². The number of hydrogen-bond acceptors (Lipinski definition) is 3. The van der Waals surface area contributed by atoms with E-state index in [9.17, 15) is 9.59 Å². The molecule has 0 fully saturated rings. The van der Waals surface area contributed by atoms with Crippen LogP contribution >= 0.6 is 0 Å². The molecule has 2 heterocycles.